The lowest BCUT2D eigenvalue weighted by Crippen LogP contribution is -2.45. The van der Waals surface area contributed by atoms with Gasteiger partial charge in [0, 0.05) is 34.3 Å². The first-order chi connectivity index (χ1) is 16.1. The van der Waals surface area contributed by atoms with Gasteiger partial charge in [-0.25, -0.2) is 4.57 Å². The van der Waals surface area contributed by atoms with Gasteiger partial charge in [-0.1, -0.05) is 70.7 Å². The summed E-state index contributed by atoms with van der Waals surface area (Å²) in [7, 11) is 2.01. The SMILES string of the molecule is C=c1c(C#N)c(O)n(-c2ccccc2C(C)C)c(=O)/c1=C/C=C1/N(C)c2ccccc2C1(C)C. The number of nitriles is 1. The predicted octanol–water partition coefficient (Wildman–Crippen LogP) is 4.04. The predicted molar refractivity (Wildman–Crippen MR) is 138 cm³/mol. The third kappa shape index (κ3) is 3.43. The molecule has 34 heavy (non-hydrogen) atoms. The van der Waals surface area contributed by atoms with Gasteiger partial charge >= 0.3 is 0 Å². The molecule has 5 heteroatoms. The molecule has 0 radical (unpaired) electrons. The minimum absolute atomic E-state index is 0.00914. The molecule has 1 aromatic heterocycles. The van der Waals surface area contributed by atoms with Crippen LogP contribution in [0, 0.1) is 11.3 Å². The van der Waals surface area contributed by atoms with Gasteiger partial charge in [-0.2, -0.15) is 5.26 Å². The molecular weight excluding hydrogens is 422 g/mol. The zero-order valence-corrected chi connectivity index (χ0v) is 20.3. The molecule has 2 heterocycles. The molecule has 0 saturated carbocycles. The number of aromatic nitrogens is 1. The summed E-state index contributed by atoms with van der Waals surface area (Å²) in [6.07, 6.45) is 3.64. The maximum atomic E-state index is 13.7. The molecule has 2 aromatic carbocycles. The number of benzene rings is 2. The highest BCUT2D eigenvalue weighted by Crippen LogP contribution is 2.46. The highest BCUT2D eigenvalue weighted by molar-refractivity contribution is 5.71. The largest absolute Gasteiger partial charge is 0.493 e. The van der Waals surface area contributed by atoms with E-state index in [4.69, 9.17) is 0 Å². The Morgan fingerprint density at radius 1 is 1.06 bits per heavy atom. The Morgan fingerprint density at radius 3 is 2.29 bits per heavy atom. The van der Waals surface area contributed by atoms with Crippen LogP contribution in [-0.4, -0.2) is 16.7 Å². The maximum absolute atomic E-state index is 13.7. The number of nitrogens with zero attached hydrogens (tertiary/aromatic N) is 3. The molecule has 0 fully saturated rings. The zero-order valence-electron chi connectivity index (χ0n) is 20.3. The van der Waals surface area contributed by atoms with Crippen molar-refractivity contribution >= 4 is 18.3 Å². The van der Waals surface area contributed by atoms with Crippen molar-refractivity contribution in [2.75, 3.05) is 11.9 Å². The van der Waals surface area contributed by atoms with Gasteiger partial charge in [-0.15, -0.1) is 0 Å². The van der Waals surface area contributed by atoms with Crippen LogP contribution in [0.25, 0.3) is 18.3 Å². The average molecular weight is 452 g/mol. The summed E-state index contributed by atoms with van der Waals surface area (Å²) in [5, 5.41) is 21.2. The Balaban J connectivity index is 2.02. The number of allylic oxidation sites excluding steroid dienone is 2. The molecule has 1 aliphatic heterocycles. The number of para-hydroxylation sites is 2. The Kier molecular flexibility index (Phi) is 5.70. The summed E-state index contributed by atoms with van der Waals surface area (Å²) in [6.45, 7) is 12.3. The molecule has 0 bridgehead atoms. The van der Waals surface area contributed by atoms with Gasteiger partial charge in [0.05, 0.1) is 5.69 Å². The van der Waals surface area contributed by atoms with Crippen LogP contribution in [0.1, 0.15) is 50.3 Å². The smallest absolute Gasteiger partial charge is 0.265 e. The molecule has 0 amide bonds. The van der Waals surface area contributed by atoms with Crippen LogP contribution in [-0.2, 0) is 5.41 Å². The van der Waals surface area contributed by atoms with E-state index < -0.39 is 5.56 Å². The van der Waals surface area contributed by atoms with Gasteiger partial charge < -0.3 is 10.0 Å². The van der Waals surface area contributed by atoms with Crippen molar-refractivity contribution in [3.8, 4) is 17.6 Å². The molecule has 5 nitrogen and oxygen atoms in total. The second-order valence-electron chi connectivity index (χ2n) is 9.48. The molecule has 0 saturated heterocycles. The number of hydrogen-bond donors (Lipinski definition) is 1. The number of likely N-dealkylation sites (N-methyl/N-ethyl adjacent to an activating group) is 1. The number of aromatic hydroxyl groups is 1. The van der Waals surface area contributed by atoms with Crippen LogP contribution >= 0.6 is 0 Å². The van der Waals surface area contributed by atoms with E-state index in [0.717, 1.165) is 16.9 Å². The van der Waals surface area contributed by atoms with Crippen LogP contribution in [0.5, 0.6) is 5.88 Å². The van der Waals surface area contributed by atoms with E-state index in [-0.39, 0.29) is 33.2 Å². The number of anilines is 1. The molecule has 0 atom stereocenters. The van der Waals surface area contributed by atoms with Crippen molar-refractivity contribution in [3.63, 3.8) is 0 Å². The van der Waals surface area contributed by atoms with Crippen LogP contribution in [0.15, 0.2) is 65.1 Å². The van der Waals surface area contributed by atoms with Crippen molar-refractivity contribution < 1.29 is 5.11 Å². The highest BCUT2D eigenvalue weighted by atomic mass is 16.3. The topological polar surface area (TPSA) is 69.3 Å². The van der Waals surface area contributed by atoms with Crippen LogP contribution in [0.3, 0.4) is 0 Å². The summed E-state index contributed by atoms with van der Waals surface area (Å²) in [6, 6.07) is 17.7. The second kappa shape index (κ2) is 8.39. The monoisotopic (exact) mass is 451 g/mol. The number of pyridine rings is 1. The Morgan fingerprint density at radius 2 is 1.68 bits per heavy atom. The molecule has 0 spiro atoms. The van der Waals surface area contributed by atoms with Crippen LogP contribution < -0.4 is 20.9 Å². The van der Waals surface area contributed by atoms with Gasteiger partial charge in [0.25, 0.3) is 5.56 Å². The van der Waals surface area contributed by atoms with E-state index in [1.807, 2.05) is 63.4 Å². The van der Waals surface area contributed by atoms with Crippen molar-refractivity contribution in [3.05, 3.63) is 97.8 Å². The Bertz CT molecular complexity index is 1540. The number of fused-ring (bicyclic) bond motifs is 1. The fourth-order valence-electron chi connectivity index (χ4n) is 4.88. The standard InChI is InChI=1S/C29H29N3O2/c1-18(2)20-11-7-9-13-24(20)32-27(33)21(19(3)22(17-30)28(32)34)15-16-26-29(4,5)23-12-8-10-14-25(23)31(26)6/h7-16,18,34H,3H2,1-2,4-6H3/b21-15+,26-16+. The van der Waals surface area contributed by atoms with Gasteiger partial charge in [0.2, 0.25) is 5.88 Å². The minimum Gasteiger partial charge on any atom is -0.493 e. The molecular formula is C29H29N3O2. The summed E-state index contributed by atoms with van der Waals surface area (Å²) in [5.41, 5.74) is 4.12. The molecule has 3 aromatic rings. The van der Waals surface area contributed by atoms with Crippen LogP contribution in [0.4, 0.5) is 5.69 Å². The second-order valence-corrected chi connectivity index (χ2v) is 9.48. The number of hydrogen-bond acceptors (Lipinski definition) is 4. The lowest BCUT2D eigenvalue weighted by molar-refractivity contribution is 0.431. The van der Waals surface area contributed by atoms with Crippen LogP contribution in [0.2, 0.25) is 0 Å². The van der Waals surface area contributed by atoms with E-state index in [0.29, 0.717) is 5.69 Å². The summed E-state index contributed by atoms with van der Waals surface area (Å²) < 4.78 is 1.23. The first kappa shape index (κ1) is 23.1. The van der Waals surface area contributed by atoms with Gasteiger partial charge in [0.1, 0.15) is 11.6 Å². The van der Waals surface area contributed by atoms with E-state index in [2.05, 4.69) is 37.5 Å². The molecule has 172 valence electrons. The van der Waals surface area contributed by atoms with E-state index in [9.17, 15) is 15.2 Å². The first-order valence-corrected chi connectivity index (χ1v) is 11.3. The van der Waals surface area contributed by atoms with Crippen molar-refractivity contribution in [1.82, 2.24) is 4.57 Å². The molecule has 0 unspecified atom stereocenters. The number of rotatable bonds is 3. The first-order valence-electron chi connectivity index (χ1n) is 11.3. The quantitative estimate of drug-likeness (QED) is 0.653. The minimum atomic E-state index is -0.414. The molecule has 0 aliphatic carbocycles. The van der Waals surface area contributed by atoms with Crippen molar-refractivity contribution in [1.29, 1.82) is 5.26 Å². The molecule has 1 N–H and O–H groups in total. The van der Waals surface area contributed by atoms with Gasteiger partial charge in [0.15, 0.2) is 0 Å². The van der Waals surface area contributed by atoms with E-state index in [1.54, 1.807) is 12.1 Å². The van der Waals surface area contributed by atoms with Gasteiger partial charge in [-0.05, 0) is 41.3 Å². The van der Waals surface area contributed by atoms with Crippen molar-refractivity contribution in [2.24, 2.45) is 0 Å². The highest BCUT2D eigenvalue weighted by Gasteiger charge is 2.37. The summed E-state index contributed by atoms with van der Waals surface area (Å²) >= 11 is 0. The summed E-state index contributed by atoms with van der Waals surface area (Å²) in [5.74, 6) is -0.269. The average Bonchev–Trinajstić information content (AvgIpc) is 3.00. The normalized spacial score (nSPS) is 16.2. The Hall–Kier alpha value is -4.04. The zero-order chi connectivity index (χ0) is 24.8. The molecule has 4 rings (SSSR count). The Labute approximate surface area is 199 Å². The maximum Gasteiger partial charge on any atom is 0.265 e. The van der Waals surface area contributed by atoms with E-state index >= 15 is 0 Å². The lowest BCUT2D eigenvalue weighted by atomic mass is 9.84. The van der Waals surface area contributed by atoms with Gasteiger partial charge in [-0.3, -0.25) is 4.79 Å². The fraction of sp³-hybridized carbons (Fsp3) is 0.241. The third-order valence-electron chi connectivity index (χ3n) is 6.76. The van der Waals surface area contributed by atoms with E-state index in [1.165, 1.54) is 10.1 Å². The fourth-order valence-corrected chi connectivity index (χ4v) is 4.88. The lowest BCUT2D eigenvalue weighted by Gasteiger charge is -2.23. The third-order valence-corrected chi connectivity index (χ3v) is 6.76. The summed E-state index contributed by atoms with van der Waals surface area (Å²) in [4.78, 5) is 15.8. The van der Waals surface area contributed by atoms with Crippen molar-refractivity contribution in [2.45, 2.75) is 39.0 Å². The molecule has 1 aliphatic rings.